The van der Waals surface area contributed by atoms with Crippen molar-refractivity contribution in [3.05, 3.63) is 35.9 Å². The minimum atomic E-state index is -0.746. The third-order valence-electron chi connectivity index (χ3n) is 4.61. The van der Waals surface area contributed by atoms with E-state index in [1.807, 2.05) is 30.3 Å². The fraction of sp³-hybridized carbons (Fsp3) is 0.526. The van der Waals surface area contributed by atoms with Crippen LogP contribution in [0.3, 0.4) is 0 Å². The van der Waals surface area contributed by atoms with Crippen molar-refractivity contribution >= 4 is 28.8 Å². The van der Waals surface area contributed by atoms with Crippen LogP contribution in [-0.2, 0) is 20.8 Å². The van der Waals surface area contributed by atoms with Crippen molar-refractivity contribution in [2.75, 3.05) is 5.75 Å². The van der Waals surface area contributed by atoms with E-state index in [1.165, 1.54) is 18.7 Å². The number of thioether (sulfide) groups is 1. The number of nitrogens with one attached hydrogen (secondary N) is 1. The van der Waals surface area contributed by atoms with Crippen LogP contribution >= 0.6 is 11.8 Å². The summed E-state index contributed by atoms with van der Waals surface area (Å²) in [5.74, 6) is -0.892. The molecule has 1 fully saturated rings. The molecule has 1 aliphatic carbocycles. The standard InChI is InChI=1S/C19H25NO4S/c1-13(21)25-12-16(11-14-5-3-2-4-6-14)18(22)20-17-9-7-15(8-10-17)19(23)24/h2-6,15-17H,7-12H2,1H3,(H,20,22)(H,23,24). The van der Waals surface area contributed by atoms with Crippen LogP contribution in [-0.4, -0.2) is 33.9 Å². The van der Waals surface area contributed by atoms with E-state index in [2.05, 4.69) is 5.32 Å². The lowest BCUT2D eigenvalue weighted by Crippen LogP contribution is -2.42. The molecular weight excluding hydrogens is 338 g/mol. The third-order valence-corrected chi connectivity index (χ3v) is 5.58. The number of carboxylic acids is 1. The van der Waals surface area contributed by atoms with Gasteiger partial charge in [-0.3, -0.25) is 14.4 Å². The predicted octanol–water partition coefficient (Wildman–Crippen LogP) is 2.88. The Hall–Kier alpha value is -1.82. The Labute approximate surface area is 152 Å². The Balaban J connectivity index is 1.92. The Morgan fingerprint density at radius 2 is 1.80 bits per heavy atom. The first kappa shape index (κ1) is 19.5. The van der Waals surface area contributed by atoms with E-state index in [9.17, 15) is 14.4 Å². The lowest BCUT2D eigenvalue weighted by Gasteiger charge is -2.28. The van der Waals surface area contributed by atoms with Gasteiger partial charge >= 0.3 is 5.97 Å². The molecule has 2 rings (SSSR count). The fourth-order valence-corrected chi connectivity index (χ4v) is 3.85. The van der Waals surface area contributed by atoms with Crippen LogP contribution in [0.5, 0.6) is 0 Å². The van der Waals surface area contributed by atoms with E-state index in [0.29, 0.717) is 37.9 Å². The van der Waals surface area contributed by atoms with Gasteiger partial charge in [0.25, 0.3) is 0 Å². The summed E-state index contributed by atoms with van der Waals surface area (Å²) in [6, 6.07) is 9.81. The molecule has 2 N–H and O–H groups in total. The average molecular weight is 363 g/mol. The maximum absolute atomic E-state index is 12.7. The summed E-state index contributed by atoms with van der Waals surface area (Å²) >= 11 is 1.18. The van der Waals surface area contributed by atoms with Gasteiger partial charge in [0.1, 0.15) is 0 Å². The molecule has 0 saturated heterocycles. The molecule has 1 atom stereocenters. The fourth-order valence-electron chi connectivity index (χ4n) is 3.15. The van der Waals surface area contributed by atoms with E-state index >= 15 is 0 Å². The molecular formula is C19H25NO4S. The summed E-state index contributed by atoms with van der Waals surface area (Å²) in [5.41, 5.74) is 1.07. The van der Waals surface area contributed by atoms with Crippen LogP contribution in [0.1, 0.15) is 38.2 Å². The Morgan fingerprint density at radius 3 is 2.36 bits per heavy atom. The highest BCUT2D eigenvalue weighted by Crippen LogP contribution is 2.25. The average Bonchev–Trinajstić information content (AvgIpc) is 2.59. The predicted molar refractivity (Wildman–Crippen MR) is 98.3 cm³/mol. The molecule has 0 radical (unpaired) electrons. The maximum Gasteiger partial charge on any atom is 0.306 e. The lowest BCUT2D eigenvalue weighted by atomic mass is 9.86. The highest BCUT2D eigenvalue weighted by atomic mass is 32.2. The van der Waals surface area contributed by atoms with Crippen LogP contribution in [0.15, 0.2) is 30.3 Å². The molecule has 0 aliphatic heterocycles. The van der Waals surface area contributed by atoms with Crippen molar-refractivity contribution in [3.8, 4) is 0 Å². The van der Waals surface area contributed by atoms with Gasteiger partial charge in [0, 0.05) is 18.7 Å². The number of aliphatic carboxylic acids is 1. The first-order valence-corrected chi connectivity index (χ1v) is 9.64. The number of benzene rings is 1. The van der Waals surface area contributed by atoms with E-state index in [4.69, 9.17) is 5.11 Å². The number of carbonyl (C=O) groups excluding carboxylic acids is 2. The zero-order valence-electron chi connectivity index (χ0n) is 14.4. The highest BCUT2D eigenvalue weighted by Gasteiger charge is 2.28. The van der Waals surface area contributed by atoms with Gasteiger partial charge in [-0.2, -0.15) is 0 Å². The molecule has 0 bridgehead atoms. The molecule has 1 saturated carbocycles. The molecule has 1 aromatic carbocycles. The first-order chi connectivity index (χ1) is 12.0. The number of hydrogen-bond acceptors (Lipinski definition) is 4. The van der Waals surface area contributed by atoms with E-state index in [-0.39, 0.29) is 28.9 Å². The highest BCUT2D eigenvalue weighted by molar-refractivity contribution is 8.13. The van der Waals surface area contributed by atoms with E-state index in [1.54, 1.807) is 0 Å². The van der Waals surface area contributed by atoms with Crippen molar-refractivity contribution in [2.24, 2.45) is 11.8 Å². The van der Waals surface area contributed by atoms with Crippen molar-refractivity contribution in [1.82, 2.24) is 5.32 Å². The first-order valence-electron chi connectivity index (χ1n) is 8.66. The van der Waals surface area contributed by atoms with Gasteiger partial charge in [-0.25, -0.2) is 0 Å². The number of hydrogen-bond donors (Lipinski definition) is 2. The summed E-state index contributed by atoms with van der Waals surface area (Å²) in [6.07, 6.45) is 3.19. The van der Waals surface area contributed by atoms with Crippen LogP contribution in [0, 0.1) is 11.8 Å². The molecule has 5 nitrogen and oxygen atoms in total. The molecule has 25 heavy (non-hydrogen) atoms. The lowest BCUT2D eigenvalue weighted by molar-refractivity contribution is -0.142. The Morgan fingerprint density at radius 1 is 1.16 bits per heavy atom. The zero-order valence-corrected chi connectivity index (χ0v) is 15.3. The number of rotatable bonds is 7. The van der Waals surface area contributed by atoms with Gasteiger partial charge in [-0.1, -0.05) is 42.1 Å². The molecule has 1 aromatic rings. The molecule has 0 spiro atoms. The van der Waals surface area contributed by atoms with Crippen molar-refractivity contribution in [2.45, 2.75) is 45.1 Å². The maximum atomic E-state index is 12.7. The van der Waals surface area contributed by atoms with E-state index < -0.39 is 5.97 Å². The SMILES string of the molecule is CC(=O)SCC(Cc1ccccc1)C(=O)NC1CCC(C(=O)O)CC1. The summed E-state index contributed by atoms with van der Waals surface area (Å²) in [5, 5.41) is 12.1. The molecule has 1 aliphatic rings. The number of carboxylic acid groups (broad SMARTS) is 1. The topological polar surface area (TPSA) is 83.5 Å². The zero-order chi connectivity index (χ0) is 18.2. The molecule has 136 valence electrons. The molecule has 0 heterocycles. The van der Waals surface area contributed by atoms with Crippen LogP contribution in [0.2, 0.25) is 0 Å². The van der Waals surface area contributed by atoms with Gasteiger partial charge in [0.2, 0.25) is 5.91 Å². The summed E-state index contributed by atoms with van der Waals surface area (Å²) in [7, 11) is 0. The molecule has 1 unspecified atom stereocenters. The molecule has 6 heteroatoms. The second kappa shape index (κ2) is 9.61. The Kier molecular flexibility index (Phi) is 7.50. The van der Waals surface area contributed by atoms with Crippen LogP contribution in [0.4, 0.5) is 0 Å². The van der Waals surface area contributed by atoms with E-state index in [0.717, 1.165) is 5.56 Å². The number of amides is 1. The van der Waals surface area contributed by atoms with Crippen LogP contribution in [0.25, 0.3) is 0 Å². The number of carbonyl (C=O) groups is 3. The van der Waals surface area contributed by atoms with Gasteiger partial charge in [-0.15, -0.1) is 0 Å². The van der Waals surface area contributed by atoms with Gasteiger partial charge in [-0.05, 0) is 37.7 Å². The third kappa shape index (κ3) is 6.53. The summed E-state index contributed by atoms with van der Waals surface area (Å²) in [6.45, 7) is 1.51. The monoisotopic (exact) mass is 363 g/mol. The largest absolute Gasteiger partial charge is 0.481 e. The van der Waals surface area contributed by atoms with Gasteiger partial charge in [0.15, 0.2) is 5.12 Å². The normalized spacial score (nSPS) is 21.3. The van der Waals surface area contributed by atoms with Crippen LogP contribution < -0.4 is 5.32 Å². The summed E-state index contributed by atoms with van der Waals surface area (Å²) < 4.78 is 0. The van der Waals surface area contributed by atoms with Gasteiger partial charge in [0.05, 0.1) is 11.8 Å². The quantitative estimate of drug-likeness (QED) is 0.778. The minimum absolute atomic E-state index is 0.00725. The Bertz CT molecular complexity index is 597. The summed E-state index contributed by atoms with van der Waals surface area (Å²) in [4.78, 5) is 35.0. The van der Waals surface area contributed by atoms with Crippen molar-refractivity contribution < 1.29 is 19.5 Å². The van der Waals surface area contributed by atoms with Crippen molar-refractivity contribution in [3.63, 3.8) is 0 Å². The smallest absolute Gasteiger partial charge is 0.306 e. The minimum Gasteiger partial charge on any atom is -0.481 e. The van der Waals surface area contributed by atoms with Gasteiger partial charge < -0.3 is 10.4 Å². The second-order valence-electron chi connectivity index (χ2n) is 6.58. The molecule has 0 aromatic heterocycles. The van der Waals surface area contributed by atoms with Crippen molar-refractivity contribution in [1.29, 1.82) is 0 Å². The second-order valence-corrected chi connectivity index (χ2v) is 7.78. The molecule has 1 amide bonds.